The largest absolute Gasteiger partial charge is 0.534 e. The van der Waals surface area contributed by atoms with Crippen LogP contribution < -0.4 is 25.7 Å². The Bertz CT molecular complexity index is 2410. The number of fused-ring (bicyclic) bond motifs is 5. The van der Waals surface area contributed by atoms with Crippen LogP contribution in [-0.4, -0.2) is 48.0 Å². The molecule has 2 aliphatic heterocycles. The van der Waals surface area contributed by atoms with Crippen LogP contribution in [-0.2, 0) is 49.0 Å². The van der Waals surface area contributed by atoms with Crippen molar-refractivity contribution in [1.29, 1.82) is 0 Å². The van der Waals surface area contributed by atoms with Crippen LogP contribution in [0.3, 0.4) is 0 Å². The van der Waals surface area contributed by atoms with E-state index in [1.165, 1.54) is 10.4 Å². The Kier molecular flexibility index (Phi) is 10.1. The van der Waals surface area contributed by atoms with Gasteiger partial charge in [-0.3, -0.25) is 9.59 Å². The first-order valence-corrected chi connectivity index (χ1v) is 21.3. The number of nitrogens with zero attached hydrogens (tertiary/aromatic N) is 2. The highest BCUT2D eigenvalue weighted by Crippen LogP contribution is 2.43. The van der Waals surface area contributed by atoms with Crippen molar-refractivity contribution in [3.05, 3.63) is 118 Å². The number of carbonyl (C=O) groups is 3. The number of rotatable bonds is 9. The molecule has 1 amide bonds. The van der Waals surface area contributed by atoms with Gasteiger partial charge >= 0.3 is 26.3 Å². The highest BCUT2D eigenvalue weighted by molar-refractivity contribution is 7.00. The first-order valence-electron chi connectivity index (χ1n) is 19.4. The van der Waals surface area contributed by atoms with E-state index in [4.69, 9.17) is 23.6 Å². The van der Waals surface area contributed by atoms with Crippen molar-refractivity contribution in [2.45, 2.75) is 97.6 Å². The van der Waals surface area contributed by atoms with Crippen molar-refractivity contribution in [1.82, 2.24) is 14.9 Å². The van der Waals surface area contributed by atoms with Gasteiger partial charge in [0.25, 0.3) is 5.56 Å². The van der Waals surface area contributed by atoms with Gasteiger partial charge in [-0.15, -0.1) is 0 Å². The summed E-state index contributed by atoms with van der Waals surface area (Å²) in [6, 6.07) is 28.7. The van der Waals surface area contributed by atoms with Gasteiger partial charge in [0.1, 0.15) is 24.5 Å². The summed E-state index contributed by atoms with van der Waals surface area (Å²) in [5.41, 5.74) is 1.27. The van der Waals surface area contributed by atoms with Crippen LogP contribution >= 0.6 is 0 Å². The number of alkyl carbamates (subject to hydrolysis) is 1. The van der Waals surface area contributed by atoms with Crippen molar-refractivity contribution in [3.8, 4) is 17.1 Å². The van der Waals surface area contributed by atoms with Crippen LogP contribution in [0.15, 0.2) is 89.7 Å². The Morgan fingerprint density at radius 3 is 2.12 bits per heavy atom. The van der Waals surface area contributed by atoms with Crippen molar-refractivity contribution >= 4 is 47.6 Å². The topological polar surface area (TPSA) is 135 Å². The summed E-state index contributed by atoms with van der Waals surface area (Å²) in [4.78, 5) is 58.4. The molecule has 0 radical (unpaired) electrons. The number of esters is 2. The highest BCUT2D eigenvalue weighted by Gasteiger charge is 2.53. The molecule has 7 rings (SSSR count). The third-order valence-electron chi connectivity index (χ3n) is 10.9. The maximum Gasteiger partial charge on any atom is 0.408 e. The van der Waals surface area contributed by atoms with Crippen molar-refractivity contribution < 1.29 is 33.0 Å². The first kappa shape index (κ1) is 39.5. The molecule has 11 nitrogen and oxygen atoms in total. The van der Waals surface area contributed by atoms with Crippen LogP contribution in [0.4, 0.5) is 4.79 Å². The minimum atomic E-state index is -2.92. The van der Waals surface area contributed by atoms with E-state index >= 15 is 0 Å². The molecule has 2 aromatic heterocycles. The van der Waals surface area contributed by atoms with Gasteiger partial charge in [-0.25, -0.2) is 14.6 Å². The number of aryl methyl sites for hydroxylation is 1. The number of hydrogen-bond acceptors (Lipinski definition) is 9. The number of ether oxygens (including phenoxy) is 3. The number of pyridine rings is 2. The van der Waals surface area contributed by atoms with E-state index in [1.807, 2.05) is 24.3 Å². The molecule has 0 aliphatic carbocycles. The Balaban J connectivity index is 1.30. The standard InChI is InChI=1S/C45H49N3O8Si/c1-9-31-32-23-28(56-57(44(6,7)8,29-17-13-11-14-18-29)30-19-15-12-16-20-30)21-22-36(32)47-39-33(31)26-48-37(39)24-35-34(40(48)50)27-53-41(51)45(35,10-2)54-38(49)25-46-42(52)55-43(3,4)5/h11-24H,9-10,25-27H2,1-8H3,(H,46,52)/t45-/m0/s1. The van der Waals surface area contributed by atoms with Crippen LogP contribution in [0.1, 0.15) is 84.1 Å². The highest BCUT2D eigenvalue weighted by atomic mass is 28.4. The summed E-state index contributed by atoms with van der Waals surface area (Å²) in [5.74, 6) is -0.940. The molecule has 0 saturated carbocycles. The average Bonchev–Trinajstić information content (AvgIpc) is 3.54. The predicted molar refractivity (Wildman–Crippen MR) is 220 cm³/mol. The Hall–Kier alpha value is -5.75. The summed E-state index contributed by atoms with van der Waals surface area (Å²) < 4.78 is 25.6. The van der Waals surface area contributed by atoms with Gasteiger partial charge in [-0.05, 0) is 78.9 Å². The zero-order valence-electron chi connectivity index (χ0n) is 33.8. The van der Waals surface area contributed by atoms with Gasteiger partial charge in [0, 0.05) is 16.5 Å². The second kappa shape index (κ2) is 14.6. The quantitative estimate of drug-likeness (QED) is 0.0971. The SMILES string of the molecule is CCc1c2c(nc3ccc(O[Si](c4ccccc4)(c4ccccc4)C(C)(C)C)cc13)-c1cc3c(c(=O)n1C2)COC(=O)[C@@]3(CC)OC(=O)CNC(=O)OC(C)(C)C. The molecule has 12 heteroatoms. The fourth-order valence-corrected chi connectivity index (χ4v) is 12.7. The second-order valence-electron chi connectivity index (χ2n) is 16.6. The van der Waals surface area contributed by atoms with Crippen molar-refractivity contribution in [2.24, 2.45) is 0 Å². The molecule has 1 N–H and O–H groups in total. The summed E-state index contributed by atoms with van der Waals surface area (Å²) in [5, 5.41) is 5.41. The van der Waals surface area contributed by atoms with E-state index in [1.54, 1.807) is 38.3 Å². The number of cyclic esters (lactones) is 1. The van der Waals surface area contributed by atoms with Gasteiger partial charge in [0.15, 0.2) is 0 Å². The number of benzene rings is 3. The van der Waals surface area contributed by atoms with Gasteiger partial charge in [-0.2, -0.15) is 0 Å². The minimum Gasteiger partial charge on any atom is -0.534 e. The van der Waals surface area contributed by atoms with Gasteiger partial charge in [0.2, 0.25) is 5.60 Å². The van der Waals surface area contributed by atoms with E-state index in [9.17, 15) is 19.2 Å². The number of aromatic nitrogens is 2. The smallest absolute Gasteiger partial charge is 0.408 e. The molecule has 0 bridgehead atoms. The number of hydrogen-bond donors (Lipinski definition) is 1. The molecule has 296 valence electrons. The van der Waals surface area contributed by atoms with Crippen LogP contribution in [0.5, 0.6) is 5.75 Å². The van der Waals surface area contributed by atoms with Crippen molar-refractivity contribution in [2.75, 3.05) is 6.54 Å². The molecule has 0 unspecified atom stereocenters. The molecule has 57 heavy (non-hydrogen) atoms. The lowest BCUT2D eigenvalue weighted by molar-refractivity contribution is -0.188. The van der Waals surface area contributed by atoms with E-state index in [0.29, 0.717) is 17.8 Å². The normalized spacial score (nSPS) is 16.2. The predicted octanol–water partition coefficient (Wildman–Crippen LogP) is 6.66. The molecule has 0 fully saturated rings. The van der Waals surface area contributed by atoms with Gasteiger partial charge in [-0.1, -0.05) is 95.3 Å². The van der Waals surface area contributed by atoms with Gasteiger partial charge < -0.3 is 28.5 Å². The third-order valence-corrected chi connectivity index (χ3v) is 15.8. The second-order valence-corrected chi connectivity index (χ2v) is 20.8. The minimum absolute atomic E-state index is 0.00771. The monoisotopic (exact) mass is 787 g/mol. The van der Waals surface area contributed by atoms with E-state index in [-0.39, 0.29) is 41.3 Å². The van der Waals surface area contributed by atoms with E-state index < -0.39 is 44.1 Å². The lowest BCUT2D eigenvalue weighted by Gasteiger charge is -2.43. The molecule has 1 atom stereocenters. The Labute approximate surface area is 333 Å². The maximum absolute atomic E-state index is 14.3. The van der Waals surface area contributed by atoms with E-state index in [2.05, 4.69) is 87.6 Å². The van der Waals surface area contributed by atoms with Crippen LogP contribution in [0.25, 0.3) is 22.3 Å². The molecule has 2 aliphatic rings. The van der Waals surface area contributed by atoms with Crippen LogP contribution in [0.2, 0.25) is 5.04 Å². The lowest BCUT2D eigenvalue weighted by Crippen LogP contribution is -2.68. The summed E-state index contributed by atoms with van der Waals surface area (Å²) in [6.07, 6.45) is -0.155. The average molecular weight is 788 g/mol. The molecule has 0 saturated heterocycles. The summed E-state index contributed by atoms with van der Waals surface area (Å²) in [7, 11) is -2.92. The Morgan fingerprint density at radius 2 is 1.54 bits per heavy atom. The summed E-state index contributed by atoms with van der Waals surface area (Å²) >= 11 is 0. The molecule has 3 aromatic carbocycles. The van der Waals surface area contributed by atoms with Gasteiger partial charge in [0.05, 0.1) is 29.0 Å². The zero-order chi connectivity index (χ0) is 40.9. The molecule has 5 aromatic rings. The summed E-state index contributed by atoms with van der Waals surface area (Å²) in [6.45, 7) is 15.0. The van der Waals surface area contributed by atoms with Crippen molar-refractivity contribution in [3.63, 3.8) is 0 Å². The molecular weight excluding hydrogens is 739 g/mol. The Morgan fingerprint density at radius 1 is 0.895 bits per heavy atom. The number of amides is 1. The number of nitrogens with one attached hydrogen (secondary N) is 1. The molecular formula is C45H49N3O8Si. The van der Waals surface area contributed by atoms with Crippen LogP contribution in [0, 0.1) is 0 Å². The fraction of sp³-hybridized carbons (Fsp3) is 0.356. The molecule has 0 spiro atoms. The molecule has 4 heterocycles. The number of carbonyl (C=O) groups excluding carboxylic acids is 3. The van der Waals surface area contributed by atoms with E-state index in [0.717, 1.165) is 27.8 Å². The zero-order valence-corrected chi connectivity index (χ0v) is 34.8. The maximum atomic E-state index is 14.3. The lowest BCUT2D eigenvalue weighted by atomic mass is 9.85. The fourth-order valence-electron chi connectivity index (χ4n) is 8.28. The first-order chi connectivity index (χ1) is 27.0. The third kappa shape index (κ3) is 6.89.